The van der Waals surface area contributed by atoms with Crippen LogP contribution in [0.3, 0.4) is 0 Å². The van der Waals surface area contributed by atoms with Crippen LogP contribution in [0.4, 0.5) is 8.78 Å². The molecule has 7 heteroatoms. The molecule has 0 saturated heterocycles. The molecule has 0 aromatic heterocycles. The van der Waals surface area contributed by atoms with Crippen molar-refractivity contribution in [3.05, 3.63) is 56.0 Å². The number of halogens is 4. The van der Waals surface area contributed by atoms with Crippen LogP contribution >= 0.6 is 31.9 Å². The summed E-state index contributed by atoms with van der Waals surface area (Å²) in [6, 6.07) is 5.88. The molecule has 2 nitrogen and oxygen atoms in total. The molecule has 0 radical (unpaired) electrons. The average Bonchev–Trinajstić information content (AvgIpc) is 2.63. The van der Waals surface area contributed by atoms with Gasteiger partial charge in [-0.3, -0.25) is 0 Å². The maximum atomic E-state index is 13.6. The van der Waals surface area contributed by atoms with E-state index in [1.807, 2.05) is 13.8 Å². The Morgan fingerprint density at radius 2 is 1.10 bits per heavy atom. The van der Waals surface area contributed by atoms with Crippen molar-refractivity contribution in [3.63, 3.8) is 0 Å². The van der Waals surface area contributed by atoms with Crippen molar-refractivity contribution in [2.45, 2.75) is 61.5 Å². The SMILES string of the molecule is Cc1cc(F)cc(Br)c1OC[CH2][Ge]([CH2]COc1c(C)cc(F)cc1Br)([CH](C)C)[CH](C)C. The van der Waals surface area contributed by atoms with Crippen LogP contribution in [0.25, 0.3) is 0 Å². The molecule has 2 aromatic carbocycles. The van der Waals surface area contributed by atoms with E-state index in [0.29, 0.717) is 43.2 Å². The fourth-order valence-corrected chi connectivity index (χ4v) is 15.9. The van der Waals surface area contributed by atoms with Crippen LogP contribution in [0.1, 0.15) is 38.8 Å². The molecule has 0 bridgehead atoms. The van der Waals surface area contributed by atoms with Crippen molar-refractivity contribution in [1.82, 2.24) is 0 Å². The molecule has 2 aromatic rings. The third-order valence-corrected chi connectivity index (χ3v) is 21.9. The summed E-state index contributed by atoms with van der Waals surface area (Å²) in [6.45, 7) is 14.2. The van der Waals surface area contributed by atoms with Crippen LogP contribution in [-0.4, -0.2) is 26.5 Å². The van der Waals surface area contributed by atoms with E-state index in [0.717, 1.165) is 21.6 Å². The topological polar surface area (TPSA) is 18.5 Å². The van der Waals surface area contributed by atoms with E-state index >= 15 is 0 Å². The zero-order valence-corrected chi connectivity index (χ0v) is 24.4. The Morgan fingerprint density at radius 3 is 1.39 bits per heavy atom. The molecular weight excluding hydrogens is 591 g/mol. The van der Waals surface area contributed by atoms with Crippen molar-refractivity contribution in [2.75, 3.05) is 13.2 Å². The van der Waals surface area contributed by atoms with Crippen LogP contribution in [0.5, 0.6) is 11.5 Å². The van der Waals surface area contributed by atoms with Gasteiger partial charge in [0.1, 0.15) is 0 Å². The second-order valence-electron chi connectivity index (χ2n) is 8.81. The molecule has 0 aliphatic rings. The Morgan fingerprint density at radius 1 is 0.742 bits per heavy atom. The fourth-order valence-electron chi connectivity index (χ4n) is 4.38. The van der Waals surface area contributed by atoms with Gasteiger partial charge < -0.3 is 0 Å². The van der Waals surface area contributed by atoms with Crippen LogP contribution in [0, 0.1) is 25.5 Å². The summed E-state index contributed by atoms with van der Waals surface area (Å²) in [4.78, 5) is 0. The van der Waals surface area contributed by atoms with Crippen molar-refractivity contribution in [2.24, 2.45) is 0 Å². The summed E-state index contributed by atoms with van der Waals surface area (Å²) >= 11 is 4.44. The monoisotopic (exact) mass is 622 g/mol. The Kier molecular flexibility index (Phi) is 9.89. The van der Waals surface area contributed by atoms with Gasteiger partial charge in [-0.25, -0.2) is 0 Å². The summed E-state index contributed by atoms with van der Waals surface area (Å²) in [5, 5.41) is 2.07. The van der Waals surface area contributed by atoms with Crippen LogP contribution < -0.4 is 9.47 Å². The van der Waals surface area contributed by atoms with Crippen molar-refractivity contribution in [3.8, 4) is 11.5 Å². The number of benzene rings is 2. The standard InChI is InChI=1S/C24H32Br2F2GeO2/c1-15(2)29(16(3)4,7-9-30-23-17(5)11-19(27)13-21(23)25)8-10-31-24-18(6)12-20(28)14-22(24)26/h11-16H,7-10H2,1-6H3. The van der Waals surface area contributed by atoms with E-state index in [1.54, 1.807) is 0 Å². The Hall–Kier alpha value is -0.597. The van der Waals surface area contributed by atoms with Gasteiger partial charge in [-0.15, -0.1) is 0 Å². The summed E-state index contributed by atoms with van der Waals surface area (Å²) < 4.78 is 41.9. The third-order valence-electron chi connectivity index (χ3n) is 6.32. The molecule has 0 heterocycles. The van der Waals surface area contributed by atoms with Crippen LogP contribution in [0.15, 0.2) is 33.2 Å². The van der Waals surface area contributed by atoms with Crippen molar-refractivity contribution < 1.29 is 18.3 Å². The van der Waals surface area contributed by atoms with Gasteiger partial charge in [0, 0.05) is 0 Å². The molecular formula is C24H32Br2F2GeO2. The predicted molar refractivity (Wildman–Crippen MR) is 134 cm³/mol. The first kappa shape index (κ1) is 26.7. The van der Waals surface area contributed by atoms with E-state index in [-0.39, 0.29) is 11.6 Å². The number of rotatable bonds is 10. The zero-order valence-electron chi connectivity index (χ0n) is 19.1. The first-order valence-corrected chi connectivity index (χ1v) is 17.6. The quantitative estimate of drug-likeness (QED) is 0.247. The Bertz CT molecular complexity index is 784. The number of hydrogen-bond acceptors (Lipinski definition) is 2. The molecule has 0 spiro atoms. The van der Waals surface area contributed by atoms with Crippen molar-refractivity contribution in [1.29, 1.82) is 0 Å². The molecule has 0 N–H and O–H groups in total. The molecule has 0 aliphatic carbocycles. The first-order valence-electron chi connectivity index (χ1n) is 10.6. The molecule has 0 aliphatic heterocycles. The van der Waals surface area contributed by atoms with Crippen molar-refractivity contribution >= 4 is 45.1 Å². The van der Waals surface area contributed by atoms with Gasteiger partial charge in [-0.05, 0) is 0 Å². The van der Waals surface area contributed by atoms with Gasteiger partial charge in [0.05, 0.1) is 0 Å². The normalized spacial score (nSPS) is 12.0. The summed E-state index contributed by atoms with van der Waals surface area (Å²) in [7, 11) is 0. The van der Waals surface area contributed by atoms with E-state index in [1.165, 1.54) is 24.3 Å². The molecule has 0 amide bonds. The molecule has 0 saturated carbocycles. The predicted octanol–water partition coefficient (Wildman–Crippen LogP) is 8.83. The summed E-state index contributed by atoms with van der Waals surface area (Å²) in [5.41, 5.74) is 1.58. The maximum absolute atomic E-state index is 13.6. The second-order valence-corrected chi connectivity index (χ2v) is 22.6. The van der Waals surface area contributed by atoms with Gasteiger partial charge in [0.15, 0.2) is 0 Å². The Labute approximate surface area is 204 Å². The van der Waals surface area contributed by atoms with Gasteiger partial charge >= 0.3 is 206 Å². The molecule has 0 atom stereocenters. The van der Waals surface area contributed by atoms with Gasteiger partial charge in [0.2, 0.25) is 0 Å². The van der Waals surface area contributed by atoms with E-state index in [2.05, 4.69) is 59.6 Å². The minimum atomic E-state index is -2.40. The number of aryl methyl sites for hydroxylation is 2. The van der Waals surface area contributed by atoms with Gasteiger partial charge in [-0.2, -0.15) is 0 Å². The van der Waals surface area contributed by atoms with Crippen LogP contribution in [-0.2, 0) is 0 Å². The second kappa shape index (κ2) is 11.5. The first-order chi connectivity index (χ1) is 14.5. The molecule has 172 valence electrons. The van der Waals surface area contributed by atoms with Crippen LogP contribution in [0.2, 0.25) is 20.0 Å². The van der Waals surface area contributed by atoms with E-state index in [4.69, 9.17) is 9.47 Å². The third kappa shape index (κ3) is 6.70. The molecule has 31 heavy (non-hydrogen) atoms. The zero-order chi connectivity index (χ0) is 23.3. The van der Waals surface area contributed by atoms with Gasteiger partial charge in [0.25, 0.3) is 0 Å². The molecule has 2 rings (SSSR count). The Balaban J connectivity index is 2.11. The number of hydrogen-bond donors (Lipinski definition) is 0. The van der Waals surface area contributed by atoms with E-state index in [9.17, 15) is 8.78 Å². The summed E-state index contributed by atoms with van der Waals surface area (Å²) in [5.74, 6) is 0.889. The fraction of sp³-hybridized carbons (Fsp3) is 0.500. The minimum absolute atomic E-state index is 0.271. The molecule has 0 unspecified atom stereocenters. The summed E-state index contributed by atoms with van der Waals surface area (Å²) in [6.07, 6.45) is 0. The molecule has 0 fully saturated rings. The van der Waals surface area contributed by atoms with Gasteiger partial charge in [-0.1, -0.05) is 0 Å². The number of ether oxygens (including phenoxy) is 2. The van der Waals surface area contributed by atoms with E-state index < -0.39 is 13.3 Å². The average molecular weight is 623 g/mol.